The minimum Gasteiger partial charge on any atom is -0.318 e. The second-order valence-corrected chi connectivity index (χ2v) is 3.19. The summed E-state index contributed by atoms with van der Waals surface area (Å²) in [4.78, 5) is 12.4. The van der Waals surface area contributed by atoms with E-state index < -0.39 is 5.24 Å². The zero-order valence-electron chi connectivity index (χ0n) is 7.47. The van der Waals surface area contributed by atoms with E-state index in [0.717, 1.165) is 0 Å². The average molecular weight is 203 g/mol. The number of carbonyl (C=O) groups excluding carboxylic acids is 1. The van der Waals surface area contributed by atoms with E-state index in [4.69, 9.17) is 22.9 Å². The summed E-state index contributed by atoms with van der Waals surface area (Å²) < 4.78 is 0. The molecular formula is C7H11ClN4O. The largest absolute Gasteiger partial charge is 0.318 e. The summed E-state index contributed by atoms with van der Waals surface area (Å²) in [6.07, 6.45) is 0. The molecule has 1 aliphatic rings. The molecule has 6 heteroatoms. The third kappa shape index (κ3) is 1.66. The summed E-state index contributed by atoms with van der Waals surface area (Å²) in [6.45, 7) is 1.93. The molecule has 0 saturated carbocycles. The van der Waals surface area contributed by atoms with Crippen molar-refractivity contribution < 1.29 is 4.79 Å². The Morgan fingerprint density at radius 1 is 1.69 bits per heavy atom. The van der Waals surface area contributed by atoms with Gasteiger partial charge in [0.25, 0.3) is 5.24 Å². The molecule has 0 atom stereocenters. The first-order valence-corrected chi connectivity index (χ1v) is 4.07. The SMILES string of the molecule is CC1=C(C(=O)Cl)CN(N)C(=N)N1C. The zero-order chi connectivity index (χ0) is 10.2. The van der Waals surface area contributed by atoms with E-state index in [1.165, 1.54) is 9.91 Å². The van der Waals surface area contributed by atoms with E-state index in [1.54, 1.807) is 14.0 Å². The highest BCUT2D eigenvalue weighted by atomic mass is 35.5. The van der Waals surface area contributed by atoms with Gasteiger partial charge >= 0.3 is 0 Å². The molecule has 72 valence electrons. The monoisotopic (exact) mass is 202 g/mol. The van der Waals surface area contributed by atoms with Crippen LogP contribution >= 0.6 is 11.6 Å². The second-order valence-electron chi connectivity index (χ2n) is 2.85. The summed E-state index contributed by atoms with van der Waals surface area (Å²) in [5.41, 5.74) is 1.11. The Morgan fingerprint density at radius 2 is 2.23 bits per heavy atom. The zero-order valence-corrected chi connectivity index (χ0v) is 8.22. The van der Waals surface area contributed by atoms with E-state index >= 15 is 0 Å². The first-order chi connectivity index (χ1) is 5.95. The molecule has 0 spiro atoms. The van der Waals surface area contributed by atoms with Crippen molar-refractivity contribution in [3.63, 3.8) is 0 Å². The quantitative estimate of drug-likeness (QED) is 0.467. The van der Waals surface area contributed by atoms with Gasteiger partial charge in [-0.25, -0.2) is 5.84 Å². The Balaban J connectivity index is 3.08. The molecular weight excluding hydrogens is 192 g/mol. The van der Waals surface area contributed by atoms with Crippen molar-refractivity contribution in [1.82, 2.24) is 9.91 Å². The van der Waals surface area contributed by atoms with Crippen molar-refractivity contribution in [1.29, 1.82) is 5.41 Å². The lowest BCUT2D eigenvalue weighted by Gasteiger charge is -2.34. The van der Waals surface area contributed by atoms with Gasteiger partial charge in [-0.3, -0.25) is 15.2 Å². The molecule has 0 amide bonds. The first-order valence-electron chi connectivity index (χ1n) is 3.69. The van der Waals surface area contributed by atoms with Crippen LogP contribution in [0.15, 0.2) is 11.3 Å². The lowest BCUT2D eigenvalue weighted by Crippen LogP contribution is -2.50. The topological polar surface area (TPSA) is 73.4 Å². The average Bonchev–Trinajstić information content (AvgIpc) is 2.07. The van der Waals surface area contributed by atoms with Gasteiger partial charge in [0.15, 0.2) is 0 Å². The van der Waals surface area contributed by atoms with Crippen molar-refractivity contribution in [3.8, 4) is 0 Å². The number of halogens is 1. The van der Waals surface area contributed by atoms with Crippen LogP contribution in [0.4, 0.5) is 0 Å². The van der Waals surface area contributed by atoms with E-state index in [9.17, 15) is 4.79 Å². The van der Waals surface area contributed by atoms with Gasteiger partial charge in [0, 0.05) is 12.7 Å². The number of hydrogen-bond donors (Lipinski definition) is 2. The molecule has 0 fully saturated rings. The number of nitrogens with zero attached hydrogens (tertiary/aromatic N) is 2. The molecule has 0 aromatic carbocycles. The van der Waals surface area contributed by atoms with Crippen LogP contribution < -0.4 is 5.84 Å². The van der Waals surface area contributed by atoms with Gasteiger partial charge in [0.05, 0.1) is 12.1 Å². The Hall–Kier alpha value is -1.07. The number of hydrazine groups is 1. The maximum atomic E-state index is 10.9. The van der Waals surface area contributed by atoms with Crippen LogP contribution in [0.1, 0.15) is 6.92 Å². The van der Waals surface area contributed by atoms with Crippen LogP contribution in [-0.2, 0) is 4.79 Å². The maximum absolute atomic E-state index is 10.9. The standard InChI is InChI=1S/C7H11ClN4O/c1-4-5(6(8)13)3-12(10)7(9)11(4)2/h9H,3,10H2,1-2H3. The van der Waals surface area contributed by atoms with Crippen molar-refractivity contribution in [2.24, 2.45) is 5.84 Å². The van der Waals surface area contributed by atoms with Crippen LogP contribution in [0.5, 0.6) is 0 Å². The number of carbonyl (C=O) groups is 1. The Labute approximate surface area is 81.2 Å². The van der Waals surface area contributed by atoms with Crippen molar-refractivity contribution in [2.75, 3.05) is 13.6 Å². The fourth-order valence-corrected chi connectivity index (χ4v) is 1.31. The first kappa shape index (κ1) is 10.0. The van der Waals surface area contributed by atoms with Gasteiger partial charge in [0.1, 0.15) is 0 Å². The van der Waals surface area contributed by atoms with Crippen LogP contribution in [0, 0.1) is 5.41 Å². The number of hydrogen-bond acceptors (Lipinski definition) is 3. The minimum atomic E-state index is -0.521. The van der Waals surface area contributed by atoms with Gasteiger partial charge in [-0.05, 0) is 18.5 Å². The summed E-state index contributed by atoms with van der Waals surface area (Å²) in [5, 5.41) is 8.15. The van der Waals surface area contributed by atoms with Gasteiger partial charge in [-0.1, -0.05) is 0 Å². The van der Waals surface area contributed by atoms with Gasteiger partial charge in [0.2, 0.25) is 5.96 Å². The Bertz CT molecular complexity index is 299. The lowest BCUT2D eigenvalue weighted by molar-refractivity contribution is -0.108. The predicted octanol–water partition coefficient (Wildman–Crippen LogP) is 0.0817. The Morgan fingerprint density at radius 3 is 2.69 bits per heavy atom. The van der Waals surface area contributed by atoms with E-state index in [-0.39, 0.29) is 12.5 Å². The van der Waals surface area contributed by atoms with E-state index in [0.29, 0.717) is 11.3 Å². The second kappa shape index (κ2) is 3.35. The van der Waals surface area contributed by atoms with Crippen LogP contribution in [0.25, 0.3) is 0 Å². The molecule has 0 aliphatic carbocycles. The molecule has 13 heavy (non-hydrogen) atoms. The number of nitrogens with one attached hydrogen (secondary N) is 1. The van der Waals surface area contributed by atoms with Crippen LogP contribution in [-0.4, -0.2) is 34.7 Å². The predicted molar refractivity (Wildman–Crippen MR) is 49.9 cm³/mol. The third-order valence-corrected chi connectivity index (χ3v) is 2.32. The van der Waals surface area contributed by atoms with Crippen molar-refractivity contribution >= 4 is 22.8 Å². The highest BCUT2D eigenvalue weighted by molar-refractivity contribution is 6.67. The molecule has 0 aromatic heterocycles. The highest BCUT2D eigenvalue weighted by Crippen LogP contribution is 2.17. The molecule has 1 rings (SSSR count). The molecule has 1 aliphatic heterocycles. The smallest absolute Gasteiger partial charge is 0.251 e. The van der Waals surface area contributed by atoms with E-state index in [1.807, 2.05) is 0 Å². The number of nitrogens with two attached hydrogens (primary N) is 1. The van der Waals surface area contributed by atoms with Crippen LogP contribution in [0.3, 0.4) is 0 Å². The molecule has 0 unspecified atom stereocenters. The minimum absolute atomic E-state index is 0.152. The summed E-state index contributed by atoms with van der Waals surface area (Å²) >= 11 is 5.35. The molecule has 0 saturated heterocycles. The van der Waals surface area contributed by atoms with Crippen molar-refractivity contribution in [3.05, 3.63) is 11.3 Å². The van der Waals surface area contributed by atoms with E-state index in [2.05, 4.69) is 0 Å². The fourth-order valence-electron chi connectivity index (χ4n) is 1.12. The molecule has 0 radical (unpaired) electrons. The molecule has 0 aromatic rings. The highest BCUT2D eigenvalue weighted by Gasteiger charge is 2.25. The normalized spacial score (nSPS) is 18.3. The molecule has 3 N–H and O–H groups in total. The van der Waals surface area contributed by atoms with Gasteiger partial charge in [-0.2, -0.15) is 0 Å². The summed E-state index contributed by atoms with van der Waals surface area (Å²) in [5.74, 6) is 5.63. The van der Waals surface area contributed by atoms with Crippen molar-refractivity contribution in [2.45, 2.75) is 6.92 Å². The Kier molecular flexibility index (Phi) is 2.58. The number of rotatable bonds is 1. The summed E-state index contributed by atoms with van der Waals surface area (Å²) in [6, 6.07) is 0. The lowest BCUT2D eigenvalue weighted by atomic mass is 10.2. The third-order valence-electron chi connectivity index (χ3n) is 2.10. The van der Waals surface area contributed by atoms with Crippen LogP contribution in [0.2, 0.25) is 0 Å². The number of guanidine groups is 1. The van der Waals surface area contributed by atoms with Gasteiger partial charge < -0.3 is 4.90 Å². The fraction of sp³-hybridized carbons (Fsp3) is 0.429. The molecule has 1 heterocycles. The number of allylic oxidation sites excluding steroid dienone is 1. The maximum Gasteiger partial charge on any atom is 0.251 e. The molecule has 0 bridgehead atoms. The molecule has 5 nitrogen and oxygen atoms in total. The van der Waals surface area contributed by atoms with Gasteiger partial charge in [-0.15, -0.1) is 0 Å². The summed E-state index contributed by atoms with van der Waals surface area (Å²) in [7, 11) is 1.66.